The van der Waals surface area contributed by atoms with Gasteiger partial charge in [0.25, 0.3) is 0 Å². The van der Waals surface area contributed by atoms with E-state index in [1.807, 2.05) is 0 Å². The van der Waals surface area contributed by atoms with E-state index in [4.69, 9.17) is 5.73 Å². The molecule has 2 nitrogen and oxygen atoms in total. The summed E-state index contributed by atoms with van der Waals surface area (Å²) in [7, 11) is 4.10. The van der Waals surface area contributed by atoms with Gasteiger partial charge in [0.2, 0.25) is 0 Å². The molecule has 0 bridgehead atoms. The molecule has 2 N–H and O–H groups in total. The second-order valence-electron chi connectivity index (χ2n) is 4.73. The van der Waals surface area contributed by atoms with Crippen LogP contribution in [0.3, 0.4) is 0 Å². The van der Waals surface area contributed by atoms with E-state index in [0.717, 1.165) is 18.4 Å². The molecular formula is C14H23FN2. The molecule has 0 aromatic heterocycles. The average Bonchev–Trinajstić information content (AvgIpc) is 2.31. The lowest BCUT2D eigenvalue weighted by Crippen LogP contribution is -2.51. The average molecular weight is 238 g/mol. The maximum absolute atomic E-state index is 12.9. The number of rotatable bonds is 5. The Hall–Kier alpha value is -0.930. The highest BCUT2D eigenvalue weighted by Crippen LogP contribution is 2.34. The molecular weight excluding hydrogens is 215 g/mol. The van der Waals surface area contributed by atoms with Gasteiger partial charge in [-0.25, -0.2) is 4.39 Å². The summed E-state index contributed by atoms with van der Waals surface area (Å²) in [6, 6.07) is 6.41. The molecule has 0 heterocycles. The minimum Gasteiger partial charge on any atom is -0.322 e. The molecule has 1 unspecified atom stereocenters. The summed E-state index contributed by atoms with van der Waals surface area (Å²) < 4.78 is 12.9. The van der Waals surface area contributed by atoms with E-state index in [0.29, 0.717) is 0 Å². The van der Waals surface area contributed by atoms with Crippen LogP contribution in [0.1, 0.15) is 38.3 Å². The number of benzene rings is 1. The molecule has 1 aromatic carbocycles. The van der Waals surface area contributed by atoms with Gasteiger partial charge in [-0.1, -0.05) is 26.0 Å². The van der Waals surface area contributed by atoms with Crippen LogP contribution >= 0.6 is 0 Å². The van der Waals surface area contributed by atoms with Crippen LogP contribution in [0.15, 0.2) is 24.3 Å². The highest BCUT2D eigenvalue weighted by Gasteiger charge is 2.36. The second kappa shape index (κ2) is 5.61. The largest absolute Gasteiger partial charge is 0.322 e. The van der Waals surface area contributed by atoms with Gasteiger partial charge in [-0.05, 0) is 44.6 Å². The minimum atomic E-state index is -0.218. The van der Waals surface area contributed by atoms with Gasteiger partial charge in [-0.15, -0.1) is 0 Å². The Bertz CT molecular complexity index is 342. The summed E-state index contributed by atoms with van der Waals surface area (Å²) in [5, 5.41) is 0. The SMILES string of the molecule is CCC(CC)(C(N)c1ccc(F)cc1)N(C)C. The lowest BCUT2D eigenvalue weighted by molar-refractivity contribution is 0.106. The molecule has 0 saturated heterocycles. The van der Waals surface area contributed by atoms with Gasteiger partial charge in [-0.2, -0.15) is 0 Å². The van der Waals surface area contributed by atoms with Gasteiger partial charge in [-0.3, -0.25) is 0 Å². The van der Waals surface area contributed by atoms with E-state index in [-0.39, 0.29) is 17.4 Å². The van der Waals surface area contributed by atoms with Crippen molar-refractivity contribution in [1.29, 1.82) is 0 Å². The van der Waals surface area contributed by atoms with E-state index in [1.54, 1.807) is 12.1 Å². The number of hydrogen-bond acceptors (Lipinski definition) is 2. The van der Waals surface area contributed by atoms with Crippen molar-refractivity contribution in [2.24, 2.45) is 5.73 Å². The lowest BCUT2D eigenvalue weighted by Gasteiger charge is -2.43. The Kier molecular flexibility index (Phi) is 4.66. The zero-order valence-corrected chi connectivity index (χ0v) is 11.2. The summed E-state index contributed by atoms with van der Waals surface area (Å²) in [4.78, 5) is 2.18. The molecule has 0 aliphatic heterocycles. The van der Waals surface area contributed by atoms with Crippen molar-refractivity contribution in [1.82, 2.24) is 4.90 Å². The zero-order chi connectivity index (χ0) is 13.1. The van der Waals surface area contributed by atoms with Crippen molar-refractivity contribution in [2.75, 3.05) is 14.1 Å². The van der Waals surface area contributed by atoms with Gasteiger partial charge in [0.05, 0.1) is 0 Å². The molecule has 1 atom stereocenters. The maximum Gasteiger partial charge on any atom is 0.123 e. The Balaban J connectivity index is 3.07. The van der Waals surface area contributed by atoms with E-state index >= 15 is 0 Å². The second-order valence-corrected chi connectivity index (χ2v) is 4.73. The zero-order valence-electron chi connectivity index (χ0n) is 11.2. The van der Waals surface area contributed by atoms with Crippen molar-refractivity contribution in [3.05, 3.63) is 35.6 Å². The number of nitrogens with two attached hydrogens (primary N) is 1. The predicted molar refractivity (Wildman–Crippen MR) is 70.3 cm³/mol. The molecule has 1 aromatic rings. The molecule has 0 spiro atoms. The lowest BCUT2D eigenvalue weighted by atomic mass is 9.80. The Morgan fingerprint density at radius 1 is 1.18 bits per heavy atom. The maximum atomic E-state index is 12.9. The Morgan fingerprint density at radius 2 is 1.65 bits per heavy atom. The molecule has 1 rings (SSSR count). The van der Waals surface area contributed by atoms with Crippen molar-refractivity contribution >= 4 is 0 Å². The quantitative estimate of drug-likeness (QED) is 0.854. The van der Waals surface area contributed by atoms with Crippen LogP contribution in [-0.4, -0.2) is 24.5 Å². The fraction of sp³-hybridized carbons (Fsp3) is 0.571. The van der Waals surface area contributed by atoms with Gasteiger partial charge in [0.15, 0.2) is 0 Å². The van der Waals surface area contributed by atoms with Gasteiger partial charge in [0.1, 0.15) is 5.82 Å². The Morgan fingerprint density at radius 3 is 2.00 bits per heavy atom. The first-order valence-electron chi connectivity index (χ1n) is 6.16. The van der Waals surface area contributed by atoms with Crippen LogP contribution in [0.5, 0.6) is 0 Å². The number of halogens is 1. The summed E-state index contributed by atoms with van der Waals surface area (Å²) in [5.74, 6) is -0.218. The van der Waals surface area contributed by atoms with Crippen molar-refractivity contribution < 1.29 is 4.39 Å². The summed E-state index contributed by atoms with van der Waals surface area (Å²) >= 11 is 0. The molecule has 3 heteroatoms. The van der Waals surface area contributed by atoms with Crippen LogP contribution in [-0.2, 0) is 0 Å². The molecule has 17 heavy (non-hydrogen) atoms. The van der Waals surface area contributed by atoms with Crippen LogP contribution in [0.25, 0.3) is 0 Å². The molecule has 0 aliphatic carbocycles. The molecule has 0 fully saturated rings. The fourth-order valence-corrected chi connectivity index (χ4v) is 2.58. The van der Waals surface area contributed by atoms with Crippen LogP contribution < -0.4 is 5.73 Å². The first-order valence-corrected chi connectivity index (χ1v) is 6.16. The summed E-state index contributed by atoms with van der Waals surface area (Å²) in [6.07, 6.45) is 1.93. The molecule has 0 amide bonds. The Labute approximate surface area is 104 Å². The van der Waals surface area contributed by atoms with E-state index in [2.05, 4.69) is 32.8 Å². The smallest absolute Gasteiger partial charge is 0.123 e. The topological polar surface area (TPSA) is 29.3 Å². The van der Waals surface area contributed by atoms with Crippen molar-refractivity contribution in [2.45, 2.75) is 38.3 Å². The van der Waals surface area contributed by atoms with Crippen molar-refractivity contribution in [3.8, 4) is 0 Å². The number of hydrogen-bond donors (Lipinski definition) is 1. The predicted octanol–water partition coefficient (Wildman–Crippen LogP) is 2.95. The standard InChI is InChI=1S/C14H23FN2/c1-5-14(6-2,17(3)4)13(16)11-7-9-12(15)10-8-11/h7-10,13H,5-6,16H2,1-4H3. The third-order valence-electron chi connectivity index (χ3n) is 3.92. The van der Waals surface area contributed by atoms with Gasteiger partial charge in [0, 0.05) is 11.6 Å². The normalized spacial score (nSPS) is 14.1. The third kappa shape index (κ3) is 2.67. The summed E-state index contributed by atoms with van der Waals surface area (Å²) in [5.41, 5.74) is 7.30. The van der Waals surface area contributed by atoms with Crippen molar-refractivity contribution in [3.63, 3.8) is 0 Å². The third-order valence-corrected chi connectivity index (χ3v) is 3.92. The van der Waals surface area contributed by atoms with Gasteiger partial charge >= 0.3 is 0 Å². The van der Waals surface area contributed by atoms with Crippen LogP contribution in [0.4, 0.5) is 4.39 Å². The van der Waals surface area contributed by atoms with E-state index in [1.165, 1.54) is 12.1 Å². The van der Waals surface area contributed by atoms with Crippen LogP contribution in [0.2, 0.25) is 0 Å². The fourth-order valence-electron chi connectivity index (χ4n) is 2.58. The highest BCUT2D eigenvalue weighted by atomic mass is 19.1. The van der Waals surface area contributed by atoms with Crippen LogP contribution in [0, 0.1) is 5.82 Å². The molecule has 0 aliphatic rings. The first kappa shape index (κ1) is 14.1. The summed E-state index contributed by atoms with van der Waals surface area (Å²) in [6.45, 7) is 4.29. The van der Waals surface area contributed by atoms with Gasteiger partial charge < -0.3 is 10.6 Å². The number of likely N-dealkylation sites (N-methyl/N-ethyl adjacent to an activating group) is 1. The highest BCUT2D eigenvalue weighted by molar-refractivity contribution is 5.23. The number of nitrogens with zero attached hydrogens (tertiary/aromatic N) is 1. The van der Waals surface area contributed by atoms with E-state index < -0.39 is 0 Å². The minimum absolute atomic E-state index is 0.0716. The monoisotopic (exact) mass is 238 g/mol. The molecule has 0 saturated carbocycles. The molecule has 0 radical (unpaired) electrons. The molecule has 96 valence electrons. The first-order chi connectivity index (χ1) is 7.97. The van der Waals surface area contributed by atoms with E-state index in [9.17, 15) is 4.39 Å².